The predicted molar refractivity (Wildman–Crippen MR) is 116 cm³/mol. The Morgan fingerprint density at radius 1 is 1.00 bits per heavy atom. The molecular weight excluding hydrogens is 387 g/mol. The van der Waals surface area contributed by atoms with Gasteiger partial charge in [-0.05, 0) is 61.4 Å². The number of rotatable bonds is 9. The van der Waals surface area contributed by atoms with Gasteiger partial charge in [0.25, 0.3) is 0 Å². The van der Waals surface area contributed by atoms with E-state index in [2.05, 4.69) is 0 Å². The van der Waals surface area contributed by atoms with Gasteiger partial charge in [0.05, 0.1) is 13.1 Å². The first-order valence-corrected chi connectivity index (χ1v) is 10.9. The van der Waals surface area contributed by atoms with E-state index in [1.54, 1.807) is 33.3 Å². The van der Waals surface area contributed by atoms with Crippen LogP contribution in [-0.4, -0.2) is 34.2 Å². The Hall–Kier alpha value is -2.21. The van der Waals surface area contributed by atoms with Gasteiger partial charge in [-0.2, -0.15) is 0 Å². The van der Waals surface area contributed by atoms with Crippen molar-refractivity contribution in [3.05, 3.63) is 57.5 Å². The van der Waals surface area contributed by atoms with Crippen molar-refractivity contribution in [1.29, 1.82) is 0 Å². The molecule has 0 N–H and O–H groups in total. The number of aryl methyl sites for hydroxylation is 1. The molecule has 6 heteroatoms. The number of hydrogen-bond donors (Lipinski definition) is 0. The van der Waals surface area contributed by atoms with E-state index in [9.17, 15) is 14.0 Å². The van der Waals surface area contributed by atoms with Crippen LogP contribution in [0.25, 0.3) is 0 Å². The lowest BCUT2D eigenvalue weighted by Gasteiger charge is -2.30. The zero-order valence-corrected chi connectivity index (χ0v) is 18.8. The van der Waals surface area contributed by atoms with Gasteiger partial charge in [0.15, 0.2) is 0 Å². The third-order valence-corrected chi connectivity index (χ3v) is 5.78. The third-order valence-electron chi connectivity index (χ3n) is 4.77. The van der Waals surface area contributed by atoms with E-state index in [0.717, 1.165) is 16.0 Å². The summed E-state index contributed by atoms with van der Waals surface area (Å²) in [5, 5.41) is 2.01. The van der Waals surface area contributed by atoms with Crippen LogP contribution < -0.4 is 0 Å². The van der Waals surface area contributed by atoms with E-state index < -0.39 is 0 Å². The molecule has 1 heterocycles. The van der Waals surface area contributed by atoms with Gasteiger partial charge in [-0.3, -0.25) is 9.59 Å². The molecule has 0 radical (unpaired) electrons. The molecule has 0 saturated heterocycles. The highest BCUT2D eigenvalue weighted by Crippen LogP contribution is 2.20. The maximum atomic E-state index is 13.3. The van der Waals surface area contributed by atoms with Crippen molar-refractivity contribution in [2.45, 2.75) is 60.2 Å². The fourth-order valence-electron chi connectivity index (χ4n) is 3.05. The molecule has 0 unspecified atom stereocenters. The van der Waals surface area contributed by atoms with Crippen molar-refractivity contribution in [2.24, 2.45) is 5.92 Å². The van der Waals surface area contributed by atoms with E-state index in [-0.39, 0.29) is 36.1 Å². The summed E-state index contributed by atoms with van der Waals surface area (Å²) in [6.45, 7) is 10.8. The number of nitrogens with zero attached hydrogens (tertiary/aromatic N) is 2. The zero-order chi connectivity index (χ0) is 21.6. The van der Waals surface area contributed by atoms with Crippen LogP contribution >= 0.6 is 11.3 Å². The second-order valence-electron chi connectivity index (χ2n) is 8.12. The molecule has 2 amide bonds. The topological polar surface area (TPSA) is 40.6 Å². The number of hydrogen-bond acceptors (Lipinski definition) is 3. The first-order valence-electron chi connectivity index (χ1n) is 10.0. The van der Waals surface area contributed by atoms with Gasteiger partial charge in [0.1, 0.15) is 5.82 Å². The summed E-state index contributed by atoms with van der Waals surface area (Å²) in [6, 6.07) is 8.18. The smallest absolute Gasteiger partial charge is 0.242 e. The van der Waals surface area contributed by atoms with Crippen LogP contribution in [-0.2, 0) is 22.7 Å². The summed E-state index contributed by atoms with van der Waals surface area (Å²) in [5.74, 6) is -0.167. The number of carbonyl (C=O) groups is 2. The van der Waals surface area contributed by atoms with Gasteiger partial charge in [-0.25, -0.2) is 4.39 Å². The molecule has 2 aromatic rings. The van der Waals surface area contributed by atoms with Gasteiger partial charge in [0.2, 0.25) is 11.8 Å². The molecule has 0 aliphatic carbocycles. The normalized spacial score (nSPS) is 11.2. The minimum absolute atomic E-state index is 0.00242. The highest BCUT2D eigenvalue weighted by Gasteiger charge is 2.24. The van der Waals surface area contributed by atoms with Crippen molar-refractivity contribution in [1.82, 2.24) is 9.80 Å². The molecule has 29 heavy (non-hydrogen) atoms. The Labute approximate surface area is 177 Å². The van der Waals surface area contributed by atoms with Crippen LogP contribution in [0.3, 0.4) is 0 Å². The van der Waals surface area contributed by atoms with Crippen LogP contribution in [0.5, 0.6) is 0 Å². The highest BCUT2D eigenvalue weighted by molar-refractivity contribution is 7.10. The van der Waals surface area contributed by atoms with E-state index in [1.165, 1.54) is 12.1 Å². The van der Waals surface area contributed by atoms with E-state index in [4.69, 9.17) is 0 Å². The lowest BCUT2D eigenvalue weighted by Crippen LogP contribution is -2.45. The first-order chi connectivity index (χ1) is 13.7. The van der Waals surface area contributed by atoms with Crippen molar-refractivity contribution in [3.63, 3.8) is 0 Å². The van der Waals surface area contributed by atoms with Crippen molar-refractivity contribution in [2.75, 3.05) is 6.54 Å². The predicted octanol–water partition coefficient (Wildman–Crippen LogP) is 5.01. The number of carbonyl (C=O) groups excluding carboxylic acids is 2. The molecule has 0 fully saturated rings. The molecule has 1 aromatic carbocycles. The fourth-order valence-corrected chi connectivity index (χ4v) is 3.97. The van der Waals surface area contributed by atoms with Gasteiger partial charge < -0.3 is 9.80 Å². The molecule has 2 rings (SSSR count). The Bertz CT molecular complexity index is 815. The lowest BCUT2D eigenvalue weighted by atomic mass is 10.1. The molecule has 4 nitrogen and oxygen atoms in total. The summed E-state index contributed by atoms with van der Waals surface area (Å²) in [5.41, 5.74) is 2.00. The summed E-state index contributed by atoms with van der Waals surface area (Å²) < 4.78 is 13.3. The quantitative estimate of drug-likeness (QED) is 0.574. The summed E-state index contributed by atoms with van der Waals surface area (Å²) >= 11 is 1.61. The van der Waals surface area contributed by atoms with Crippen LogP contribution in [0.4, 0.5) is 4.39 Å². The van der Waals surface area contributed by atoms with Crippen LogP contribution in [0.2, 0.25) is 0 Å². The second kappa shape index (κ2) is 10.5. The largest absolute Gasteiger partial charge is 0.332 e. The third kappa shape index (κ3) is 6.96. The van der Waals surface area contributed by atoms with Crippen LogP contribution in [0.1, 0.15) is 50.1 Å². The molecule has 0 spiro atoms. The van der Waals surface area contributed by atoms with Crippen LogP contribution in [0, 0.1) is 18.7 Å². The minimum Gasteiger partial charge on any atom is -0.332 e. The monoisotopic (exact) mass is 418 g/mol. The first kappa shape index (κ1) is 23.1. The Morgan fingerprint density at radius 3 is 2.17 bits per heavy atom. The number of thiophene rings is 1. The molecule has 0 aliphatic rings. The standard InChI is InChI=1S/C23H31FN2O2S/c1-16(2)12-22(27)26(17(3)4)15-23(28)25(14-21-18(5)10-11-29-21)13-19-6-8-20(24)9-7-19/h6-11,16-17H,12-15H2,1-5H3. The summed E-state index contributed by atoms with van der Waals surface area (Å²) in [6.07, 6.45) is 0.424. The SMILES string of the molecule is Cc1ccsc1CN(Cc1ccc(F)cc1)C(=O)CN(C(=O)CC(C)C)C(C)C. The highest BCUT2D eigenvalue weighted by atomic mass is 32.1. The number of halogens is 1. The Balaban J connectivity index is 2.20. The van der Waals surface area contributed by atoms with Crippen molar-refractivity contribution < 1.29 is 14.0 Å². The van der Waals surface area contributed by atoms with E-state index >= 15 is 0 Å². The number of amides is 2. The van der Waals surface area contributed by atoms with E-state index in [1.807, 2.05) is 46.1 Å². The maximum absolute atomic E-state index is 13.3. The van der Waals surface area contributed by atoms with Gasteiger partial charge in [0, 0.05) is 23.9 Å². The lowest BCUT2D eigenvalue weighted by molar-refractivity contribution is -0.143. The maximum Gasteiger partial charge on any atom is 0.242 e. The minimum atomic E-state index is -0.300. The number of benzene rings is 1. The molecule has 0 bridgehead atoms. The van der Waals surface area contributed by atoms with Gasteiger partial charge in [-0.1, -0.05) is 26.0 Å². The van der Waals surface area contributed by atoms with Gasteiger partial charge in [-0.15, -0.1) is 11.3 Å². The Kier molecular flexibility index (Phi) is 8.38. The zero-order valence-electron chi connectivity index (χ0n) is 17.9. The molecular formula is C23H31FN2O2S. The second-order valence-corrected chi connectivity index (χ2v) is 9.12. The molecule has 0 aliphatic heterocycles. The Morgan fingerprint density at radius 2 is 1.66 bits per heavy atom. The summed E-state index contributed by atoms with van der Waals surface area (Å²) in [4.78, 5) is 30.4. The molecule has 0 saturated carbocycles. The average molecular weight is 419 g/mol. The van der Waals surface area contributed by atoms with Crippen molar-refractivity contribution >= 4 is 23.2 Å². The molecule has 0 atom stereocenters. The summed E-state index contributed by atoms with van der Waals surface area (Å²) in [7, 11) is 0. The molecule has 158 valence electrons. The molecule has 1 aromatic heterocycles. The van der Waals surface area contributed by atoms with Crippen molar-refractivity contribution in [3.8, 4) is 0 Å². The van der Waals surface area contributed by atoms with Gasteiger partial charge >= 0.3 is 0 Å². The van der Waals surface area contributed by atoms with E-state index in [0.29, 0.717) is 19.5 Å². The average Bonchev–Trinajstić information content (AvgIpc) is 3.04. The fraction of sp³-hybridized carbons (Fsp3) is 0.478. The van der Waals surface area contributed by atoms with Crippen LogP contribution in [0.15, 0.2) is 35.7 Å².